The number of hydrogen-bond donors (Lipinski definition) is 1. The third-order valence-electron chi connectivity index (χ3n) is 9.04. The van der Waals surface area contributed by atoms with Crippen molar-refractivity contribution in [1.82, 2.24) is 34.1 Å². The molecule has 9 heteroatoms. The quantitative estimate of drug-likeness (QED) is 0.211. The number of benzene rings is 2. The number of imidazole rings is 1. The summed E-state index contributed by atoms with van der Waals surface area (Å²) in [4.78, 5) is 10.5. The number of aliphatic hydroxyl groups excluding tert-OH is 1. The summed E-state index contributed by atoms with van der Waals surface area (Å²) in [6, 6.07) is 18.2. The van der Waals surface area contributed by atoms with Crippen molar-refractivity contribution in [3.8, 4) is 22.6 Å². The lowest BCUT2D eigenvalue weighted by Gasteiger charge is -2.25. The average molecular weight is 588 g/mol. The van der Waals surface area contributed by atoms with Crippen LogP contribution in [0.5, 0.6) is 0 Å². The molecule has 1 unspecified atom stereocenters. The number of nitrogens with zero attached hydrogens (tertiary/aromatic N) is 7. The van der Waals surface area contributed by atoms with Crippen LogP contribution in [-0.2, 0) is 24.9 Å². The van der Waals surface area contributed by atoms with Crippen LogP contribution in [0.2, 0.25) is 0 Å². The van der Waals surface area contributed by atoms with Crippen LogP contribution in [0.1, 0.15) is 68.0 Å². The van der Waals surface area contributed by atoms with Gasteiger partial charge in [0.25, 0.3) is 0 Å². The van der Waals surface area contributed by atoms with Crippen LogP contribution in [0, 0.1) is 0 Å². The van der Waals surface area contributed by atoms with Gasteiger partial charge >= 0.3 is 0 Å². The van der Waals surface area contributed by atoms with Gasteiger partial charge in [0.1, 0.15) is 5.82 Å². The van der Waals surface area contributed by atoms with Gasteiger partial charge < -0.3 is 14.4 Å². The van der Waals surface area contributed by atoms with Gasteiger partial charge in [-0.15, -0.1) is 0 Å². The molecule has 0 bridgehead atoms. The number of aromatic nitrogens is 7. The van der Waals surface area contributed by atoms with Gasteiger partial charge in [0, 0.05) is 59.6 Å². The Morgan fingerprint density at radius 1 is 0.932 bits per heavy atom. The van der Waals surface area contributed by atoms with Crippen LogP contribution in [0.25, 0.3) is 44.6 Å². The SMILES string of the molecule is CC(C)c1nc2nn(CC3CCO3)cc2cc1-c1nc(-c2cccc3nn(C[C@H](O)c4ccccc4)cc23)c(C2CC2)n1C. The molecule has 1 aliphatic carbocycles. The Kier molecular flexibility index (Phi) is 6.61. The van der Waals surface area contributed by atoms with E-state index >= 15 is 0 Å². The van der Waals surface area contributed by atoms with E-state index in [1.54, 1.807) is 0 Å². The molecule has 2 aromatic carbocycles. The average Bonchev–Trinajstić information content (AvgIpc) is 3.47. The fourth-order valence-electron chi connectivity index (χ4n) is 6.49. The highest BCUT2D eigenvalue weighted by molar-refractivity contribution is 5.95. The Labute approximate surface area is 256 Å². The van der Waals surface area contributed by atoms with Gasteiger partial charge in [-0.3, -0.25) is 9.36 Å². The molecule has 2 fully saturated rings. The normalized spacial score (nSPS) is 17.5. The molecule has 5 heterocycles. The zero-order valence-corrected chi connectivity index (χ0v) is 25.4. The zero-order valence-electron chi connectivity index (χ0n) is 25.4. The molecular formula is C35H37N7O2. The largest absolute Gasteiger partial charge is 0.386 e. The third-order valence-corrected chi connectivity index (χ3v) is 9.04. The summed E-state index contributed by atoms with van der Waals surface area (Å²) >= 11 is 0. The minimum absolute atomic E-state index is 0.205. The standard InChI is InChI=1S/C35H37N7O2/c1-21(2)31-27(16-24-17-41(39-34(24)36-31)18-25-14-15-44-25)35-37-32(33(40(35)3)23-12-13-23)26-10-7-11-29-28(26)19-42(38-29)20-30(43)22-8-5-4-6-9-22/h4-11,16-17,19,21,23,25,30,43H,12-15,18,20H2,1-3H3/t25?,30-/m0/s1. The molecule has 0 radical (unpaired) electrons. The summed E-state index contributed by atoms with van der Waals surface area (Å²) in [5, 5.41) is 22.6. The molecular weight excluding hydrogens is 550 g/mol. The molecule has 6 aromatic rings. The Morgan fingerprint density at radius 3 is 2.48 bits per heavy atom. The Bertz CT molecular complexity index is 1980. The highest BCUT2D eigenvalue weighted by Gasteiger charge is 2.33. The van der Waals surface area contributed by atoms with Crippen molar-refractivity contribution in [3.63, 3.8) is 0 Å². The van der Waals surface area contributed by atoms with Gasteiger partial charge in [0.2, 0.25) is 0 Å². The van der Waals surface area contributed by atoms with E-state index < -0.39 is 6.10 Å². The molecule has 9 nitrogen and oxygen atoms in total. The minimum atomic E-state index is -0.639. The van der Waals surface area contributed by atoms with Crippen LogP contribution in [-0.4, -0.2) is 51.9 Å². The van der Waals surface area contributed by atoms with E-state index in [2.05, 4.69) is 56.1 Å². The molecule has 2 atom stereocenters. The summed E-state index contributed by atoms with van der Waals surface area (Å²) in [5.74, 6) is 1.61. The molecule has 4 aromatic heterocycles. The first-order chi connectivity index (χ1) is 21.4. The molecule has 2 aliphatic rings. The van der Waals surface area contributed by atoms with Gasteiger partial charge in [-0.1, -0.05) is 56.3 Å². The van der Waals surface area contributed by atoms with Crippen molar-refractivity contribution in [2.75, 3.05) is 6.61 Å². The van der Waals surface area contributed by atoms with Gasteiger partial charge in [-0.2, -0.15) is 10.2 Å². The van der Waals surface area contributed by atoms with Crippen molar-refractivity contribution in [2.45, 2.75) is 70.2 Å². The fourth-order valence-corrected chi connectivity index (χ4v) is 6.49. The van der Waals surface area contributed by atoms with Crippen molar-refractivity contribution in [3.05, 3.63) is 83.9 Å². The van der Waals surface area contributed by atoms with E-state index in [1.165, 1.54) is 5.69 Å². The van der Waals surface area contributed by atoms with Crippen molar-refractivity contribution >= 4 is 21.9 Å². The fraction of sp³-hybridized carbons (Fsp3) is 0.371. The lowest BCUT2D eigenvalue weighted by molar-refractivity contribution is -0.0608. The summed E-state index contributed by atoms with van der Waals surface area (Å²) in [6.45, 7) is 6.33. The van der Waals surface area contributed by atoms with E-state index in [0.29, 0.717) is 12.5 Å². The first-order valence-electron chi connectivity index (χ1n) is 15.7. The van der Waals surface area contributed by atoms with E-state index in [4.69, 9.17) is 24.9 Å². The maximum atomic E-state index is 10.9. The molecule has 1 saturated heterocycles. The number of ether oxygens (including phenoxy) is 1. The topological polar surface area (TPSA) is 95.8 Å². The van der Waals surface area contributed by atoms with Crippen LogP contribution in [0.3, 0.4) is 0 Å². The van der Waals surface area contributed by atoms with Gasteiger partial charge in [-0.25, -0.2) is 9.97 Å². The van der Waals surface area contributed by atoms with Crippen LogP contribution >= 0.6 is 0 Å². The number of pyridine rings is 1. The second kappa shape index (κ2) is 10.7. The van der Waals surface area contributed by atoms with Crippen molar-refractivity contribution in [1.29, 1.82) is 0 Å². The Balaban J connectivity index is 1.22. The maximum Gasteiger partial charge on any atom is 0.181 e. The summed E-state index contributed by atoms with van der Waals surface area (Å²) in [5.41, 5.74) is 7.94. The monoisotopic (exact) mass is 587 g/mol. The molecule has 1 saturated carbocycles. The lowest BCUT2D eigenvalue weighted by atomic mass is 10.0. The van der Waals surface area contributed by atoms with Crippen LogP contribution in [0.4, 0.5) is 0 Å². The smallest absolute Gasteiger partial charge is 0.181 e. The highest BCUT2D eigenvalue weighted by atomic mass is 16.5. The first-order valence-corrected chi connectivity index (χ1v) is 15.7. The van der Waals surface area contributed by atoms with Gasteiger partial charge in [0.15, 0.2) is 5.65 Å². The number of fused-ring (bicyclic) bond motifs is 2. The molecule has 1 N–H and O–H groups in total. The van der Waals surface area contributed by atoms with Crippen LogP contribution < -0.4 is 0 Å². The molecule has 224 valence electrons. The van der Waals surface area contributed by atoms with E-state index in [-0.39, 0.29) is 12.0 Å². The molecule has 0 spiro atoms. The lowest BCUT2D eigenvalue weighted by Crippen LogP contribution is -2.31. The number of hydrogen-bond acceptors (Lipinski definition) is 6. The number of aliphatic hydroxyl groups is 1. The second-order valence-electron chi connectivity index (χ2n) is 12.6. The Hall–Kier alpha value is -4.34. The molecule has 44 heavy (non-hydrogen) atoms. The minimum Gasteiger partial charge on any atom is -0.386 e. The summed E-state index contributed by atoms with van der Waals surface area (Å²) < 4.78 is 11.8. The van der Waals surface area contributed by atoms with E-state index in [9.17, 15) is 5.11 Å². The summed E-state index contributed by atoms with van der Waals surface area (Å²) in [6.07, 6.45) is 7.13. The van der Waals surface area contributed by atoms with E-state index in [1.807, 2.05) is 45.8 Å². The zero-order chi connectivity index (χ0) is 29.9. The molecule has 8 rings (SSSR count). The van der Waals surface area contributed by atoms with Crippen molar-refractivity contribution < 1.29 is 9.84 Å². The highest BCUT2D eigenvalue weighted by Crippen LogP contribution is 2.47. The predicted octanol–water partition coefficient (Wildman–Crippen LogP) is 6.37. The third kappa shape index (κ3) is 4.80. The maximum absolute atomic E-state index is 10.9. The summed E-state index contributed by atoms with van der Waals surface area (Å²) in [7, 11) is 2.14. The molecule has 0 amide bonds. The van der Waals surface area contributed by atoms with E-state index in [0.717, 1.165) is 88.3 Å². The number of rotatable bonds is 9. The predicted molar refractivity (Wildman–Crippen MR) is 170 cm³/mol. The van der Waals surface area contributed by atoms with Gasteiger partial charge in [0.05, 0.1) is 42.2 Å². The van der Waals surface area contributed by atoms with Gasteiger partial charge in [-0.05, 0) is 42.9 Å². The second-order valence-corrected chi connectivity index (χ2v) is 12.6. The first kappa shape index (κ1) is 27.2. The molecule has 1 aliphatic heterocycles. The van der Waals surface area contributed by atoms with Crippen LogP contribution in [0.15, 0.2) is 67.0 Å². The Morgan fingerprint density at radius 2 is 1.75 bits per heavy atom. The van der Waals surface area contributed by atoms with Crippen molar-refractivity contribution in [2.24, 2.45) is 7.05 Å².